The second-order valence-electron chi connectivity index (χ2n) is 6.92. The lowest BCUT2D eigenvalue weighted by Gasteiger charge is -2.17. The van der Waals surface area contributed by atoms with Crippen molar-refractivity contribution < 1.29 is 9.21 Å². The number of nitrogens with one attached hydrogen (secondary N) is 1. The van der Waals surface area contributed by atoms with Crippen LogP contribution in [-0.4, -0.2) is 20.7 Å². The third-order valence-corrected chi connectivity index (χ3v) is 5.42. The molecule has 0 radical (unpaired) electrons. The molecule has 1 amide bonds. The highest BCUT2D eigenvalue weighted by Crippen LogP contribution is 2.24. The van der Waals surface area contributed by atoms with Crippen LogP contribution in [0.3, 0.4) is 0 Å². The Morgan fingerprint density at radius 3 is 2.79 bits per heavy atom. The van der Waals surface area contributed by atoms with Gasteiger partial charge in [-0.1, -0.05) is 37.2 Å². The largest absolute Gasteiger partial charge is 0.467 e. The zero-order valence-corrected chi connectivity index (χ0v) is 17.5. The van der Waals surface area contributed by atoms with Crippen molar-refractivity contribution in [2.75, 3.05) is 0 Å². The molecule has 28 heavy (non-hydrogen) atoms. The highest BCUT2D eigenvalue weighted by Gasteiger charge is 2.20. The predicted octanol–water partition coefficient (Wildman–Crippen LogP) is 4.10. The number of carbonyl (C=O) groups excluding carboxylic acids is 1. The molecular weight excluding hydrogens is 398 g/mol. The number of amides is 1. The van der Waals surface area contributed by atoms with E-state index in [1.54, 1.807) is 48.1 Å². The fourth-order valence-electron chi connectivity index (χ4n) is 2.73. The number of hydrogen-bond acceptors (Lipinski definition) is 5. The molecule has 0 saturated carbocycles. The average Bonchev–Trinajstić information content (AvgIpc) is 3.17. The number of aromatic nitrogens is 2. The lowest BCUT2D eigenvalue weighted by Crippen LogP contribution is -2.32. The standard InChI is InChI=1S/C20H22ClN3O3S/c1-12(2)11-24-19(26)16-9-14(21)6-7-17(16)23-20(24)28-13(3)18(25)22-10-15-5-4-8-27-15/h4-9,12-13H,10-11H2,1-3H3,(H,22,25)/t13-/m1/s1. The Morgan fingerprint density at radius 2 is 2.11 bits per heavy atom. The molecule has 8 heteroatoms. The third kappa shape index (κ3) is 4.77. The van der Waals surface area contributed by atoms with Crippen molar-refractivity contribution in [1.29, 1.82) is 0 Å². The maximum absolute atomic E-state index is 13.0. The van der Waals surface area contributed by atoms with Crippen LogP contribution >= 0.6 is 23.4 Å². The Hall–Kier alpha value is -2.25. The first kappa shape index (κ1) is 20.5. The smallest absolute Gasteiger partial charge is 0.262 e. The van der Waals surface area contributed by atoms with Gasteiger partial charge in [-0.25, -0.2) is 4.98 Å². The molecule has 1 atom stereocenters. The minimum absolute atomic E-state index is 0.146. The topological polar surface area (TPSA) is 77.1 Å². The first-order valence-electron chi connectivity index (χ1n) is 9.02. The van der Waals surface area contributed by atoms with Gasteiger partial charge in [0.05, 0.1) is 29.0 Å². The summed E-state index contributed by atoms with van der Waals surface area (Å²) < 4.78 is 6.86. The minimum Gasteiger partial charge on any atom is -0.467 e. The van der Waals surface area contributed by atoms with Crippen LogP contribution in [-0.2, 0) is 17.9 Å². The van der Waals surface area contributed by atoms with Crippen LogP contribution in [0, 0.1) is 5.92 Å². The van der Waals surface area contributed by atoms with Gasteiger partial charge in [0, 0.05) is 11.6 Å². The lowest BCUT2D eigenvalue weighted by molar-refractivity contribution is -0.120. The van der Waals surface area contributed by atoms with E-state index in [4.69, 9.17) is 16.0 Å². The number of halogens is 1. The molecule has 0 aliphatic rings. The van der Waals surface area contributed by atoms with Crippen LogP contribution in [0.2, 0.25) is 5.02 Å². The van der Waals surface area contributed by atoms with Crippen molar-refractivity contribution in [3.8, 4) is 0 Å². The summed E-state index contributed by atoms with van der Waals surface area (Å²) in [5.74, 6) is 0.782. The summed E-state index contributed by atoms with van der Waals surface area (Å²) in [5, 5.41) is 3.91. The number of carbonyl (C=O) groups is 1. The fraction of sp³-hybridized carbons (Fsp3) is 0.350. The molecule has 3 aromatic rings. The summed E-state index contributed by atoms with van der Waals surface area (Å²) in [6, 6.07) is 8.64. The first-order valence-corrected chi connectivity index (χ1v) is 10.3. The number of hydrogen-bond donors (Lipinski definition) is 1. The maximum Gasteiger partial charge on any atom is 0.262 e. The number of rotatable bonds is 7. The van der Waals surface area contributed by atoms with Crippen molar-refractivity contribution in [3.05, 3.63) is 57.7 Å². The second kappa shape index (κ2) is 8.84. The number of nitrogens with zero attached hydrogens (tertiary/aromatic N) is 2. The van der Waals surface area contributed by atoms with Crippen LogP contribution in [0.15, 0.2) is 51.0 Å². The van der Waals surface area contributed by atoms with Gasteiger partial charge in [0.25, 0.3) is 5.56 Å². The van der Waals surface area contributed by atoms with Gasteiger partial charge in [0.15, 0.2) is 5.16 Å². The molecule has 148 valence electrons. The van der Waals surface area contributed by atoms with Gasteiger partial charge in [-0.2, -0.15) is 0 Å². The van der Waals surface area contributed by atoms with Crippen molar-refractivity contribution in [1.82, 2.24) is 14.9 Å². The van der Waals surface area contributed by atoms with E-state index in [2.05, 4.69) is 10.3 Å². The highest BCUT2D eigenvalue weighted by molar-refractivity contribution is 8.00. The summed E-state index contributed by atoms with van der Waals surface area (Å²) >= 11 is 7.32. The summed E-state index contributed by atoms with van der Waals surface area (Å²) in [7, 11) is 0. The van der Waals surface area contributed by atoms with Gasteiger partial charge < -0.3 is 9.73 Å². The molecule has 6 nitrogen and oxygen atoms in total. The monoisotopic (exact) mass is 419 g/mol. The van der Waals surface area contributed by atoms with E-state index < -0.39 is 5.25 Å². The van der Waals surface area contributed by atoms with E-state index in [9.17, 15) is 9.59 Å². The molecule has 0 aliphatic carbocycles. The lowest BCUT2D eigenvalue weighted by atomic mass is 10.2. The summed E-state index contributed by atoms with van der Waals surface area (Å²) in [5.41, 5.74) is 0.423. The quantitative estimate of drug-likeness (QED) is 0.461. The molecule has 1 aromatic carbocycles. The van der Waals surface area contributed by atoms with Crippen molar-refractivity contribution in [3.63, 3.8) is 0 Å². The van der Waals surface area contributed by atoms with Crippen molar-refractivity contribution >= 4 is 40.2 Å². The van der Waals surface area contributed by atoms with Crippen LogP contribution in [0.1, 0.15) is 26.5 Å². The Bertz CT molecular complexity index is 1030. The number of benzene rings is 1. The Labute approximate surface area is 172 Å². The predicted molar refractivity (Wildman–Crippen MR) is 112 cm³/mol. The Morgan fingerprint density at radius 1 is 1.32 bits per heavy atom. The third-order valence-electron chi connectivity index (χ3n) is 4.10. The maximum atomic E-state index is 13.0. The molecule has 3 rings (SSSR count). The molecule has 2 heterocycles. The number of fused-ring (bicyclic) bond motifs is 1. The van der Waals surface area contributed by atoms with Gasteiger partial charge in [-0.3, -0.25) is 14.2 Å². The van der Waals surface area contributed by atoms with Crippen LogP contribution < -0.4 is 10.9 Å². The molecule has 0 aliphatic heterocycles. The van der Waals surface area contributed by atoms with Gasteiger partial charge in [0.2, 0.25) is 5.91 Å². The summed E-state index contributed by atoms with van der Waals surface area (Å²) in [4.78, 5) is 30.1. The number of furan rings is 1. The van der Waals surface area contributed by atoms with Crippen LogP contribution in [0.4, 0.5) is 0 Å². The molecule has 0 spiro atoms. The van der Waals surface area contributed by atoms with E-state index in [0.717, 1.165) is 0 Å². The van der Waals surface area contributed by atoms with Gasteiger partial charge >= 0.3 is 0 Å². The van der Waals surface area contributed by atoms with E-state index in [1.807, 2.05) is 13.8 Å². The second-order valence-corrected chi connectivity index (χ2v) is 8.67. The fourth-order valence-corrected chi connectivity index (χ4v) is 3.85. The minimum atomic E-state index is -0.426. The zero-order valence-electron chi connectivity index (χ0n) is 15.9. The van der Waals surface area contributed by atoms with E-state index in [1.165, 1.54) is 11.8 Å². The normalized spacial score (nSPS) is 12.5. The zero-order chi connectivity index (χ0) is 20.3. The first-order chi connectivity index (χ1) is 13.3. The molecule has 1 N–H and O–H groups in total. The molecule has 2 aromatic heterocycles. The van der Waals surface area contributed by atoms with Crippen LogP contribution in [0.25, 0.3) is 10.9 Å². The molecule has 0 fully saturated rings. The SMILES string of the molecule is CC(C)Cn1c(S[C@H](C)C(=O)NCc2ccco2)nc2ccc(Cl)cc2c1=O. The Balaban J connectivity index is 1.86. The average molecular weight is 420 g/mol. The van der Waals surface area contributed by atoms with Gasteiger partial charge in [-0.05, 0) is 43.2 Å². The Kier molecular flexibility index (Phi) is 6.46. The van der Waals surface area contributed by atoms with Crippen LogP contribution in [0.5, 0.6) is 0 Å². The highest BCUT2D eigenvalue weighted by atomic mass is 35.5. The van der Waals surface area contributed by atoms with E-state index >= 15 is 0 Å². The molecule has 0 bridgehead atoms. The molecule has 0 unspecified atom stereocenters. The summed E-state index contributed by atoms with van der Waals surface area (Å²) in [6.07, 6.45) is 1.57. The van der Waals surface area contributed by atoms with Gasteiger partial charge in [-0.15, -0.1) is 0 Å². The van der Waals surface area contributed by atoms with Crippen molar-refractivity contribution in [2.45, 2.75) is 44.3 Å². The molecule has 0 saturated heterocycles. The van der Waals surface area contributed by atoms with E-state index in [-0.39, 0.29) is 17.4 Å². The molecular formula is C20H22ClN3O3S. The van der Waals surface area contributed by atoms with Crippen molar-refractivity contribution in [2.24, 2.45) is 5.92 Å². The number of thioether (sulfide) groups is 1. The van der Waals surface area contributed by atoms with E-state index in [0.29, 0.717) is 39.9 Å². The van der Waals surface area contributed by atoms with Gasteiger partial charge in [0.1, 0.15) is 5.76 Å². The summed E-state index contributed by atoms with van der Waals surface area (Å²) in [6.45, 7) is 6.68.